The van der Waals surface area contributed by atoms with Gasteiger partial charge in [-0.3, -0.25) is 0 Å². The lowest BCUT2D eigenvalue weighted by Crippen LogP contribution is -2.13. The lowest BCUT2D eigenvalue weighted by Gasteiger charge is -2.14. The van der Waals surface area contributed by atoms with Gasteiger partial charge in [0.2, 0.25) is 0 Å². The lowest BCUT2D eigenvalue weighted by atomic mass is 10.1. The molecule has 0 fully saturated rings. The molecule has 140 valence electrons. The molecule has 0 saturated carbocycles. The quantitative estimate of drug-likeness (QED) is 0.632. The van der Waals surface area contributed by atoms with Crippen molar-refractivity contribution in [3.63, 3.8) is 0 Å². The first-order valence-electron chi connectivity index (χ1n) is 7.58. The van der Waals surface area contributed by atoms with Gasteiger partial charge in [-0.25, -0.2) is 19.3 Å². The largest absolute Gasteiger partial charge is 0.416 e. The number of pyridine rings is 1. The molecular formula is C17H12ClF4N5. The zero-order valence-corrected chi connectivity index (χ0v) is 14.3. The van der Waals surface area contributed by atoms with E-state index >= 15 is 0 Å². The Hall–Kier alpha value is -2.94. The molecular weight excluding hydrogens is 386 g/mol. The van der Waals surface area contributed by atoms with Gasteiger partial charge in [0.1, 0.15) is 17.5 Å². The Balaban J connectivity index is 1.85. The second-order valence-corrected chi connectivity index (χ2v) is 5.94. The topological polar surface area (TPSA) is 76.7 Å². The van der Waals surface area contributed by atoms with Gasteiger partial charge in [0, 0.05) is 18.9 Å². The number of nitrogens with two attached hydrogens (primary N) is 1. The molecule has 2 heterocycles. The van der Waals surface area contributed by atoms with Gasteiger partial charge in [-0.05, 0) is 29.8 Å². The molecule has 0 unspecified atom stereocenters. The summed E-state index contributed by atoms with van der Waals surface area (Å²) in [5.74, 6) is -0.326. The van der Waals surface area contributed by atoms with Gasteiger partial charge in [0.25, 0.3) is 0 Å². The number of nitrogen functional groups attached to an aromatic ring is 1. The van der Waals surface area contributed by atoms with Gasteiger partial charge < -0.3 is 11.1 Å². The highest BCUT2D eigenvalue weighted by Gasteiger charge is 2.33. The maximum atomic E-state index is 13.2. The van der Waals surface area contributed by atoms with E-state index in [1.165, 1.54) is 24.5 Å². The van der Waals surface area contributed by atoms with Crippen molar-refractivity contribution in [3.8, 4) is 11.4 Å². The number of nitrogens with zero attached hydrogens (tertiary/aromatic N) is 3. The summed E-state index contributed by atoms with van der Waals surface area (Å²) in [7, 11) is 0. The zero-order valence-electron chi connectivity index (χ0n) is 13.6. The van der Waals surface area contributed by atoms with E-state index < -0.39 is 17.6 Å². The Bertz CT molecular complexity index is 978. The molecule has 2 aromatic heterocycles. The van der Waals surface area contributed by atoms with Crippen molar-refractivity contribution in [2.45, 2.75) is 12.7 Å². The van der Waals surface area contributed by atoms with Crippen LogP contribution in [0.3, 0.4) is 0 Å². The number of alkyl halides is 3. The minimum Gasteiger partial charge on any atom is -0.383 e. The number of hydrogen-bond acceptors (Lipinski definition) is 5. The second-order valence-electron chi connectivity index (χ2n) is 5.50. The SMILES string of the molecule is Nc1ncc(Cl)cc1-c1nccc(NCc2ccc(F)cc2C(F)(F)F)n1. The van der Waals surface area contributed by atoms with Crippen molar-refractivity contribution in [2.75, 3.05) is 11.1 Å². The van der Waals surface area contributed by atoms with Gasteiger partial charge in [0.15, 0.2) is 5.82 Å². The standard InChI is InChI=1S/C17H12ClF4N5/c18-10-5-12(15(23)26-8-10)16-24-4-3-14(27-16)25-7-9-1-2-11(19)6-13(9)17(20,21)22/h1-6,8H,7H2,(H2,23,26)(H,24,25,27). The van der Waals surface area contributed by atoms with Crippen molar-refractivity contribution in [3.05, 3.63) is 64.7 Å². The molecule has 0 radical (unpaired) electrons. The summed E-state index contributed by atoms with van der Waals surface area (Å²) in [5, 5.41) is 3.10. The van der Waals surface area contributed by atoms with Crippen LogP contribution in [0.4, 0.5) is 29.2 Å². The van der Waals surface area contributed by atoms with Crippen LogP contribution in [0, 0.1) is 5.82 Å². The number of anilines is 2. The van der Waals surface area contributed by atoms with E-state index in [0.29, 0.717) is 16.7 Å². The van der Waals surface area contributed by atoms with Gasteiger partial charge in [-0.15, -0.1) is 0 Å². The molecule has 3 aromatic rings. The highest BCUT2D eigenvalue weighted by Crippen LogP contribution is 2.33. The normalized spacial score (nSPS) is 11.4. The third kappa shape index (κ3) is 4.43. The number of hydrogen-bond donors (Lipinski definition) is 2. The second kappa shape index (κ2) is 7.36. The molecule has 0 atom stereocenters. The van der Waals surface area contributed by atoms with E-state index in [4.69, 9.17) is 17.3 Å². The van der Waals surface area contributed by atoms with Crippen LogP contribution in [0.2, 0.25) is 5.02 Å². The average Bonchev–Trinajstić information content (AvgIpc) is 2.62. The Morgan fingerprint density at radius 1 is 1.11 bits per heavy atom. The zero-order chi connectivity index (χ0) is 19.6. The van der Waals surface area contributed by atoms with Crippen LogP contribution in [0.25, 0.3) is 11.4 Å². The van der Waals surface area contributed by atoms with Crippen LogP contribution in [0.5, 0.6) is 0 Å². The molecule has 3 rings (SSSR count). The molecule has 0 saturated heterocycles. The van der Waals surface area contributed by atoms with Crippen LogP contribution >= 0.6 is 11.6 Å². The van der Waals surface area contributed by atoms with Crippen molar-refractivity contribution in [1.82, 2.24) is 15.0 Å². The first-order chi connectivity index (χ1) is 12.7. The summed E-state index contributed by atoms with van der Waals surface area (Å²) in [6, 6.07) is 5.52. The predicted molar refractivity (Wildman–Crippen MR) is 93.4 cm³/mol. The molecule has 0 spiro atoms. The molecule has 5 nitrogen and oxygen atoms in total. The van der Waals surface area contributed by atoms with Crippen molar-refractivity contribution < 1.29 is 17.6 Å². The van der Waals surface area contributed by atoms with E-state index in [2.05, 4.69) is 20.3 Å². The summed E-state index contributed by atoms with van der Waals surface area (Å²) in [6.45, 7) is -0.213. The molecule has 0 aliphatic rings. The first-order valence-corrected chi connectivity index (χ1v) is 7.96. The fourth-order valence-corrected chi connectivity index (χ4v) is 2.53. The summed E-state index contributed by atoms with van der Waals surface area (Å²) >= 11 is 5.89. The fraction of sp³-hybridized carbons (Fsp3) is 0.118. The third-order valence-corrected chi connectivity index (χ3v) is 3.83. The summed E-state index contributed by atoms with van der Waals surface area (Å²) in [5.41, 5.74) is 5.01. The maximum absolute atomic E-state index is 13.2. The van der Waals surface area contributed by atoms with Crippen molar-refractivity contribution in [2.24, 2.45) is 0 Å². The minimum atomic E-state index is -4.67. The molecule has 27 heavy (non-hydrogen) atoms. The highest BCUT2D eigenvalue weighted by atomic mass is 35.5. The molecule has 0 bridgehead atoms. The van der Waals surface area contributed by atoms with Crippen LogP contribution in [0.1, 0.15) is 11.1 Å². The summed E-state index contributed by atoms with van der Waals surface area (Å²) in [4.78, 5) is 12.2. The van der Waals surface area contributed by atoms with E-state index in [1.54, 1.807) is 0 Å². The number of nitrogens with one attached hydrogen (secondary N) is 1. The molecule has 0 aliphatic heterocycles. The first kappa shape index (κ1) is 18.8. The van der Waals surface area contributed by atoms with Crippen LogP contribution < -0.4 is 11.1 Å². The van der Waals surface area contributed by atoms with E-state index in [-0.39, 0.29) is 29.6 Å². The van der Waals surface area contributed by atoms with Crippen LogP contribution in [-0.2, 0) is 12.7 Å². The Labute approximate surface area is 156 Å². The van der Waals surface area contributed by atoms with Crippen molar-refractivity contribution in [1.29, 1.82) is 0 Å². The molecule has 0 aliphatic carbocycles. The Morgan fingerprint density at radius 3 is 2.63 bits per heavy atom. The van der Waals surface area contributed by atoms with E-state index in [0.717, 1.165) is 12.1 Å². The van der Waals surface area contributed by atoms with Crippen molar-refractivity contribution >= 4 is 23.2 Å². The van der Waals surface area contributed by atoms with Gasteiger partial charge >= 0.3 is 6.18 Å². The van der Waals surface area contributed by atoms with Gasteiger partial charge in [-0.2, -0.15) is 13.2 Å². The Kier molecular flexibility index (Phi) is 5.13. The smallest absolute Gasteiger partial charge is 0.383 e. The molecule has 3 N–H and O–H groups in total. The number of rotatable bonds is 4. The highest BCUT2D eigenvalue weighted by molar-refractivity contribution is 6.30. The fourth-order valence-electron chi connectivity index (χ4n) is 2.37. The van der Waals surface area contributed by atoms with Gasteiger partial charge in [0.05, 0.1) is 16.1 Å². The third-order valence-electron chi connectivity index (χ3n) is 3.62. The van der Waals surface area contributed by atoms with Gasteiger partial charge in [-0.1, -0.05) is 17.7 Å². The lowest BCUT2D eigenvalue weighted by molar-refractivity contribution is -0.138. The number of halogens is 5. The summed E-state index contributed by atoms with van der Waals surface area (Å²) < 4.78 is 52.4. The maximum Gasteiger partial charge on any atom is 0.416 e. The van der Waals surface area contributed by atoms with Crippen LogP contribution in [0.15, 0.2) is 42.7 Å². The number of aromatic nitrogens is 3. The monoisotopic (exact) mass is 397 g/mol. The number of benzene rings is 1. The van der Waals surface area contributed by atoms with Crippen LogP contribution in [-0.4, -0.2) is 15.0 Å². The minimum absolute atomic E-state index is 0.118. The Morgan fingerprint density at radius 2 is 1.89 bits per heavy atom. The van der Waals surface area contributed by atoms with E-state index in [9.17, 15) is 17.6 Å². The summed E-state index contributed by atoms with van der Waals surface area (Å²) in [6.07, 6.45) is -1.88. The average molecular weight is 398 g/mol. The molecule has 0 amide bonds. The molecule has 10 heteroatoms. The molecule has 1 aromatic carbocycles. The van der Waals surface area contributed by atoms with E-state index in [1.807, 2.05) is 0 Å². The predicted octanol–water partition coefficient (Wildman–Crippen LogP) is 4.54.